The van der Waals surface area contributed by atoms with Crippen LogP contribution in [0.25, 0.3) is 0 Å². The molecular weight excluding hydrogens is 278 g/mol. The van der Waals surface area contributed by atoms with Gasteiger partial charge in [-0.1, -0.05) is 25.2 Å². The van der Waals surface area contributed by atoms with Gasteiger partial charge in [0.25, 0.3) is 0 Å². The van der Waals surface area contributed by atoms with Crippen LogP contribution < -0.4 is 5.32 Å². The first-order valence-electron chi connectivity index (χ1n) is 6.38. The number of aromatic nitrogens is 1. The molecule has 0 aliphatic carbocycles. The van der Waals surface area contributed by atoms with Gasteiger partial charge in [-0.2, -0.15) is 0 Å². The molecule has 1 atom stereocenters. The van der Waals surface area contributed by atoms with E-state index in [0.717, 1.165) is 17.9 Å². The summed E-state index contributed by atoms with van der Waals surface area (Å²) in [6.07, 6.45) is 0. The van der Waals surface area contributed by atoms with Gasteiger partial charge < -0.3 is 15.3 Å². The van der Waals surface area contributed by atoms with E-state index in [1.54, 1.807) is 0 Å². The quantitative estimate of drug-likeness (QED) is 0.750. The van der Waals surface area contributed by atoms with E-state index >= 15 is 0 Å². The summed E-state index contributed by atoms with van der Waals surface area (Å²) in [4.78, 5) is 28.8. The highest BCUT2D eigenvalue weighted by Crippen LogP contribution is 2.25. The van der Waals surface area contributed by atoms with Crippen LogP contribution >= 0.6 is 11.3 Å². The Morgan fingerprint density at radius 1 is 1.40 bits per heavy atom. The molecule has 7 heteroatoms. The Kier molecular flexibility index (Phi) is 5.64. The van der Waals surface area contributed by atoms with Crippen LogP contribution in [0.5, 0.6) is 0 Å². The molecule has 0 amide bonds. The molecule has 0 fully saturated rings. The summed E-state index contributed by atoms with van der Waals surface area (Å²) in [7, 11) is 3.95. The smallest absolute Gasteiger partial charge is 0.356 e. The van der Waals surface area contributed by atoms with Crippen LogP contribution in [-0.2, 0) is 0 Å². The molecule has 0 radical (unpaired) electrons. The van der Waals surface area contributed by atoms with E-state index in [-0.39, 0.29) is 22.4 Å². The van der Waals surface area contributed by atoms with Gasteiger partial charge in [0.15, 0.2) is 16.6 Å². The van der Waals surface area contributed by atoms with Crippen LogP contribution in [0.4, 0.5) is 5.13 Å². The Bertz CT molecular complexity index is 466. The van der Waals surface area contributed by atoms with Crippen molar-refractivity contribution in [3.05, 3.63) is 10.6 Å². The van der Waals surface area contributed by atoms with Gasteiger partial charge >= 0.3 is 5.97 Å². The van der Waals surface area contributed by atoms with Gasteiger partial charge in [-0.05, 0) is 20.0 Å². The number of carbonyl (C=O) groups excluding carboxylic acids is 1. The zero-order valence-electron chi connectivity index (χ0n) is 12.4. The number of nitrogens with zero attached hydrogens (tertiary/aromatic N) is 2. The lowest BCUT2D eigenvalue weighted by atomic mass is 10.0. The number of likely N-dealkylation sites (N-methyl/N-ethyl adjacent to an activating group) is 1. The van der Waals surface area contributed by atoms with Crippen LogP contribution in [-0.4, -0.2) is 53.4 Å². The van der Waals surface area contributed by atoms with Crippen molar-refractivity contribution >= 4 is 28.2 Å². The molecule has 20 heavy (non-hydrogen) atoms. The number of carbonyl (C=O) groups is 2. The summed E-state index contributed by atoms with van der Waals surface area (Å²) in [6.45, 7) is 6.32. The fraction of sp³-hybridized carbons (Fsp3) is 0.615. The van der Waals surface area contributed by atoms with E-state index < -0.39 is 5.97 Å². The standard InChI is InChI=1S/C13H21N3O3S/c1-7(2)9(6-16(4)5)14-13-15-10(12(18)19)11(20-13)8(3)17/h7,9H,6H2,1-5H3,(H,14,15)(H,18,19). The van der Waals surface area contributed by atoms with Crippen molar-refractivity contribution in [1.82, 2.24) is 9.88 Å². The third kappa shape index (κ3) is 4.28. The molecule has 0 aromatic carbocycles. The number of aromatic carboxylic acids is 1. The molecule has 0 bridgehead atoms. The van der Waals surface area contributed by atoms with Crippen LogP contribution in [0.1, 0.15) is 40.9 Å². The van der Waals surface area contributed by atoms with Gasteiger partial charge in [0.2, 0.25) is 0 Å². The Balaban J connectivity index is 2.99. The zero-order valence-corrected chi connectivity index (χ0v) is 13.2. The molecule has 0 aliphatic rings. The first-order chi connectivity index (χ1) is 9.22. The molecule has 0 spiro atoms. The molecule has 1 heterocycles. The predicted octanol–water partition coefficient (Wildman–Crippen LogP) is 2.04. The average Bonchev–Trinajstić information content (AvgIpc) is 2.71. The van der Waals surface area contributed by atoms with E-state index in [9.17, 15) is 9.59 Å². The minimum Gasteiger partial charge on any atom is -0.476 e. The second-order valence-corrected chi connectivity index (χ2v) is 6.31. The second kappa shape index (κ2) is 6.81. The Hall–Kier alpha value is -1.47. The van der Waals surface area contributed by atoms with Crippen molar-refractivity contribution in [1.29, 1.82) is 0 Å². The third-order valence-corrected chi connectivity index (χ3v) is 3.91. The fourth-order valence-electron chi connectivity index (χ4n) is 1.74. The lowest BCUT2D eigenvalue weighted by Crippen LogP contribution is -2.36. The lowest BCUT2D eigenvalue weighted by molar-refractivity contribution is 0.0687. The molecule has 112 valence electrons. The van der Waals surface area contributed by atoms with Crippen molar-refractivity contribution in [3.8, 4) is 0 Å². The lowest BCUT2D eigenvalue weighted by Gasteiger charge is -2.25. The summed E-state index contributed by atoms with van der Waals surface area (Å²) in [5, 5.41) is 12.8. The van der Waals surface area contributed by atoms with Crippen molar-refractivity contribution in [2.75, 3.05) is 26.0 Å². The normalized spacial score (nSPS) is 12.8. The summed E-state index contributed by atoms with van der Waals surface area (Å²) in [6, 6.07) is 0.137. The number of ketones is 1. The molecule has 0 saturated heterocycles. The second-order valence-electron chi connectivity index (χ2n) is 5.32. The molecule has 1 rings (SSSR count). The number of carboxylic acids is 1. The fourth-order valence-corrected chi connectivity index (χ4v) is 2.65. The van der Waals surface area contributed by atoms with Crippen LogP contribution in [0.2, 0.25) is 0 Å². The summed E-state index contributed by atoms with van der Waals surface area (Å²) < 4.78 is 0. The summed E-state index contributed by atoms with van der Waals surface area (Å²) in [5.41, 5.74) is -0.169. The average molecular weight is 299 g/mol. The molecule has 1 aromatic rings. The first-order valence-corrected chi connectivity index (χ1v) is 7.20. The Morgan fingerprint density at radius 2 is 2.00 bits per heavy atom. The number of anilines is 1. The summed E-state index contributed by atoms with van der Waals surface area (Å²) >= 11 is 1.10. The Morgan fingerprint density at radius 3 is 2.35 bits per heavy atom. The predicted molar refractivity (Wildman–Crippen MR) is 79.9 cm³/mol. The van der Waals surface area contributed by atoms with Crippen LogP contribution in [0.15, 0.2) is 0 Å². The maximum Gasteiger partial charge on any atom is 0.356 e. The van der Waals surface area contributed by atoms with Gasteiger partial charge in [-0.25, -0.2) is 9.78 Å². The molecule has 2 N–H and O–H groups in total. The molecule has 0 aliphatic heterocycles. The topological polar surface area (TPSA) is 82.5 Å². The van der Waals surface area contributed by atoms with Gasteiger partial charge in [-0.15, -0.1) is 0 Å². The van der Waals surface area contributed by atoms with E-state index in [0.29, 0.717) is 11.0 Å². The largest absolute Gasteiger partial charge is 0.476 e. The van der Waals surface area contributed by atoms with Gasteiger partial charge in [0.1, 0.15) is 4.88 Å². The number of thiazole rings is 1. The van der Waals surface area contributed by atoms with Crippen molar-refractivity contribution < 1.29 is 14.7 Å². The van der Waals surface area contributed by atoms with Gasteiger partial charge in [0, 0.05) is 19.5 Å². The van der Waals surface area contributed by atoms with Crippen LogP contribution in [0.3, 0.4) is 0 Å². The maximum absolute atomic E-state index is 11.5. The molecule has 1 unspecified atom stereocenters. The van der Waals surface area contributed by atoms with Crippen molar-refractivity contribution in [2.24, 2.45) is 5.92 Å². The van der Waals surface area contributed by atoms with Crippen molar-refractivity contribution in [3.63, 3.8) is 0 Å². The van der Waals surface area contributed by atoms with E-state index in [1.165, 1.54) is 6.92 Å². The van der Waals surface area contributed by atoms with E-state index in [2.05, 4.69) is 29.0 Å². The summed E-state index contributed by atoms with van der Waals surface area (Å²) in [5.74, 6) is -1.09. The number of nitrogens with one attached hydrogen (secondary N) is 1. The van der Waals surface area contributed by atoms with E-state index in [4.69, 9.17) is 5.11 Å². The van der Waals surface area contributed by atoms with E-state index in [1.807, 2.05) is 14.1 Å². The number of carboxylic acid groups (broad SMARTS) is 1. The highest BCUT2D eigenvalue weighted by atomic mass is 32.1. The zero-order chi connectivity index (χ0) is 15.4. The third-order valence-electron chi connectivity index (χ3n) is 2.82. The first kappa shape index (κ1) is 16.6. The number of hydrogen-bond donors (Lipinski definition) is 2. The van der Waals surface area contributed by atoms with Gasteiger partial charge in [-0.3, -0.25) is 4.79 Å². The monoisotopic (exact) mass is 299 g/mol. The number of rotatable bonds is 7. The number of Topliss-reactive ketones (excluding diaryl/α,β-unsaturated/α-hetero) is 1. The molecule has 1 aromatic heterocycles. The molecule has 6 nitrogen and oxygen atoms in total. The minimum atomic E-state index is -1.17. The SMILES string of the molecule is CC(=O)c1sc(NC(CN(C)C)C(C)C)nc1C(=O)O. The highest BCUT2D eigenvalue weighted by Gasteiger charge is 2.23. The van der Waals surface area contributed by atoms with Crippen molar-refractivity contribution in [2.45, 2.75) is 26.8 Å². The highest BCUT2D eigenvalue weighted by molar-refractivity contribution is 7.17. The van der Waals surface area contributed by atoms with Crippen LogP contribution in [0, 0.1) is 5.92 Å². The molecular formula is C13H21N3O3S. The maximum atomic E-state index is 11.5. The Labute approximate surface area is 122 Å². The number of hydrogen-bond acceptors (Lipinski definition) is 6. The van der Waals surface area contributed by atoms with Gasteiger partial charge in [0.05, 0.1) is 0 Å². The minimum absolute atomic E-state index is 0.137. The molecule has 0 saturated carbocycles.